The van der Waals surface area contributed by atoms with Crippen molar-refractivity contribution in [1.29, 1.82) is 0 Å². The van der Waals surface area contributed by atoms with E-state index in [0.29, 0.717) is 12.1 Å². The van der Waals surface area contributed by atoms with Crippen LogP contribution in [0.1, 0.15) is 48.9 Å². The summed E-state index contributed by atoms with van der Waals surface area (Å²) in [5.41, 5.74) is 10.1. The van der Waals surface area contributed by atoms with Crippen molar-refractivity contribution >= 4 is 22.1 Å². The molecule has 2 heterocycles. The molecule has 1 aliphatic carbocycles. The molecule has 6 aromatic rings. The first-order valence-electron chi connectivity index (χ1n) is 13.8. The summed E-state index contributed by atoms with van der Waals surface area (Å²) in [4.78, 5) is 0. The Kier molecular flexibility index (Phi) is 5.61. The van der Waals surface area contributed by atoms with Crippen LogP contribution >= 0.6 is 0 Å². The first kappa shape index (κ1) is 23.0. The third kappa shape index (κ3) is 3.83. The van der Waals surface area contributed by atoms with Gasteiger partial charge in [-0.1, -0.05) is 59.7 Å². The highest BCUT2D eigenvalue weighted by Crippen LogP contribution is 2.34. The van der Waals surface area contributed by atoms with E-state index in [0.717, 1.165) is 0 Å². The molecule has 0 bridgehead atoms. The fourth-order valence-electron chi connectivity index (χ4n) is 6.36. The maximum Gasteiger partial charge on any atom is 0.250 e. The molecule has 4 nitrogen and oxygen atoms in total. The van der Waals surface area contributed by atoms with E-state index in [1.807, 2.05) is 0 Å². The van der Waals surface area contributed by atoms with E-state index in [9.17, 15) is 0 Å². The smallest absolute Gasteiger partial charge is 0.222 e. The quantitative estimate of drug-likeness (QED) is 0.230. The van der Waals surface area contributed by atoms with Gasteiger partial charge in [0.05, 0.1) is 0 Å². The van der Waals surface area contributed by atoms with Crippen LogP contribution in [0.2, 0.25) is 0 Å². The Bertz CT molecular complexity index is 1610. The summed E-state index contributed by atoms with van der Waals surface area (Å²) in [6.07, 6.45) is 9.56. The predicted octanol–water partition coefficient (Wildman–Crippen LogP) is 7.12. The number of hydrogen-bond acceptors (Lipinski definition) is 0. The van der Waals surface area contributed by atoms with Gasteiger partial charge in [-0.25, -0.2) is 9.13 Å². The first-order chi connectivity index (χ1) is 18.7. The highest BCUT2D eigenvalue weighted by atomic mass is 15.2. The van der Waals surface area contributed by atoms with Crippen LogP contribution in [0.4, 0.5) is 0 Å². The van der Waals surface area contributed by atoms with Crippen molar-refractivity contribution in [2.24, 2.45) is 0 Å². The van der Waals surface area contributed by atoms with Crippen LogP contribution in [0.3, 0.4) is 0 Å². The lowest BCUT2D eigenvalue weighted by Gasteiger charge is -2.27. The van der Waals surface area contributed by atoms with Gasteiger partial charge in [0.15, 0.2) is 22.1 Å². The van der Waals surface area contributed by atoms with Gasteiger partial charge >= 0.3 is 0 Å². The predicted molar refractivity (Wildman–Crippen MR) is 153 cm³/mol. The van der Waals surface area contributed by atoms with Crippen molar-refractivity contribution < 1.29 is 9.13 Å². The van der Waals surface area contributed by atoms with Crippen LogP contribution in [0, 0.1) is 13.8 Å². The van der Waals surface area contributed by atoms with Crippen LogP contribution in [0.25, 0.3) is 33.4 Å². The number of nitrogens with zero attached hydrogens (tertiary/aromatic N) is 4. The van der Waals surface area contributed by atoms with Crippen LogP contribution in [-0.2, 0) is 0 Å². The fraction of sp³-hybridized carbons (Fsp3) is 0.235. The van der Waals surface area contributed by atoms with Gasteiger partial charge in [-0.2, -0.15) is 9.13 Å². The summed E-state index contributed by atoms with van der Waals surface area (Å²) < 4.78 is 9.84. The summed E-state index contributed by atoms with van der Waals surface area (Å²) >= 11 is 0. The molecule has 0 radical (unpaired) electrons. The molecule has 2 atom stereocenters. The van der Waals surface area contributed by atoms with Gasteiger partial charge in [-0.3, -0.25) is 0 Å². The largest absolute Gasteiger partial charge is 0.250 e. The van der Waals surface area contributed by atoms with Gasteiger partial charge in [0, 0.05) is 0 Å². The molecule has 1 saturated carbocycles. The second-order valence-electron chi connectivity index (χ2n) is 10.9. The van der Waals surface area contributed by atoms with Crippen molar-refractivity contribution in [3.05, 3.63) is 121 Å². The molecule has 1 fully saturated rings. The maximum absolute atomic E-state index is 2.56. The molecule has 0 N–H and O–H groups in total. The molecule has 0 amide bonds. The number of aromatic nitrogens is 4. The van der Waals surface area contributed by atoms with Crippen LogP contribution in [0.15, 0.2) is 110 Å². The fourth-order valence-corrected chi connectivity index (χ4v) is 6.36. The lowest BCUT2D eigenvalue weighted by Crippen LogP contribution is -2.53. The SMILES string of the molecule is Cc1ccc(-n2c[n+]([C@@H]3CCCC[C@H]3[n+]3cn(-c4ccc(C)cc4)c4ccccc43)c3ccccc32)cc1. The van der Waals surface area contributed by atoms with E-state index >= 15 is 0 Å². The number of para-hydroxylation sites is 4. The van der Waals surface area contributed by atoms with Crippen molar-refractivity contribution in [3.63, 3.8) is 0 Å². The average Bonchev–Trinajstić information content (AvgIpc) is 3.54. The summed E-state index contributed by atoms with van der Waals surface area (Å²) in [5.74, 6) is 0. The maximum atomic E-state index is 2.56. The van der Waals surface area contributed by atoms with Gasteiger partial charge in [0.2, 0.25) is 12.7 Å². The molecular weight excluding hydrogens is 464 g/mol. The third-order valence-electron chi connectivity index (χ3n) is 8.35. The summed E-state index contributed by atoms with van der Waals surface area (Å²) in [5, 5.41) is 0. The van der Waals surface area contributed by atoms with E-state index in [4.69, 9.17) is 0 Å². The standard InChI is InChI=1S/C34H34N4/c1-25-15-19-27(20-16-25)35-23-37(31-11-5-3-9-29(31)35)33-13-7-8-14-34(33)38-24-36(28-21-17-26(2)18-22-28)30-10-4-6-12-32(30)38/h3-6,9-12,15-24,33-34H,7-8,13-14H2,1-2H3/q+2/t33-,34-/m1/s1. The second-order valence-corrected chi connectivity index (χ2v) is 10.9. The molecule has 4 heteroatoms. The number of aryl methyl sites for hydroxylation is 2. The Hall–Kier alpha value is -4.18. The number of hydrogen-bond donors (Lipinski definition) is 0. The Morgan fingerprint density at radius 1 is 0.526 bits per heavy atom. The Balaban J connectivity index is 1.38. The molecule has 4 aromatic carbocycles. The van der Waals surface area contributed by atoms with Gasteiger partial charge < -0.3 is 0 Å². The monoisotopic (exact) mass is 498 g/mol. The minimum atomic E-state index is 0.377. The van der Waals surface area contributed by atoms with E-state index in [-0.39, 0.29) is 0 Å². The molecular formula is C34H34N4+2. The lowest BCUT2D eigenvalue weighted by molar-refractivity contribution is -0.798. The van der Waals surface area contributed by atoms with E-state index in [2.05, 4.69) is 142 Å². The minimum absolute atomic E-state index is 0.377. The number of rotatable bonds is 4. The lowest BCUT2D eigenvalue weighted by atomic mass is 9.89. The summed E-state index contributed by atoms with van der Waals surface area (Å²) in [6.45, 7) is 4.29. The number of fused-ring (bicyclic) bond motifs is 2. The van der Waals surface area contributed by atoms with Gasteiger partial charge in [0.1, 0.15) is 23.5 Å². The van der Waals surface area contributed by atoms with E-state index in [1.165, 1.54) is 70.3 Å². The van der Waals surface area contributed by atoms with E-state index < -0.39 is 0 Å². The molecule has 2 aromatic heterocycles. The van der Waals surface area contributed by atoms with Crippen LogP contribution in [0.5, 0.6) is 0 Å². The molecule has 188 valence electrons. The van der Waals surface area contributed by atoms with Gasteiger partial charge in [-0.05, 0) is 88.1 Å². The topological polar surface area (TPSA) is 17.6 Å². The molecule has 1 aliphatic rings. The Morgan fingerprint density at radius 2 is 0.921 bits per heavy atom. The molecule has 0 saturated heterocycles. The Morgan fingerprint density at radius 3 is 1.34 bits per heavy atom. The van der Waals surface area contributed by atoms with Crippen molar-refractivity contribution in [3.8, 4) is 11.4 Å². The molecule has 38 heavy (non-hydrogen) atoms. The third-order valence-corrected chi connectivity index (χ3v) is 8.35. The summed E-state index contributed by atoms with van der Waals surface area (Å²) in [7, 11) is 0. The normalized spacial score (nSPS) is 17.8. The number of imidazole rings is 2. The van der Waals surface area contributed by atoms with Crippen molar-refractivity contribution in [2.75, 3.05) is 0 Å². The molecule has 0 unspecified atom stereocenters. The highest BCUT2D eigenvalue weighted by molar-refractivity contribution is 5.75. The van der Waals surface area contributed by atoms with Crippen molar-refractivity contribution in [2.45, 2.75) is 51.6 Å². The molecule has 0 aliphatic heterocycles. The summed E-state index contributed by atoms with van der Waals surface area (Å²) in [6, 6.07) is 36.2. The van der Waals surface area contributed by atoms with Gasteiger partial charge in [0.25, 0.3) is 0 Å². The zero-order valence-corrected chi connectivity index (χ0v) is 22.2. The highest BCUT2D eigenvalue weighted by Gasteiger charge is 2.38. The van der Waals surface area contributed by atoms with E-state index in [1.54, 1.807) is 0 Å². The van der Waals surface area contributed by atoms with Crippen LogP contribution < -0.4 is 9.13 Å². The average molecular weight is 499 g/mol. The second kappa shape index (κ2) is 9.29. The zero-order valence-electron chi connectivity index (χ0n) is 22.2. The molecule has 0 spiro atoms. The van der Waals surface area contributed by atoms with Crippen LogP contribution in [-0.4, -0.2) is 9.13 Å². The zero-order chi connectivity index (χ0) is 25.6. The van der Waals surface area contributed by atoms with Crippen molar-refractivity contribution in [1.82, 2.24) is 9.13 Å². The minimum Gasteiger partial charge on any atom is -0.222 e. The molecule has 7 rings (SSSR count). The van der Waals surface area contributed by atoms with Gasteiger partial charge in [-0.15, -0.1) is 0 Å². The number of benzene rings is 4. The Labute approximate surface area is 224 Å². The first-order valence-corrected chi connectivity index (χ1v) is 13.8.